The van der Waals surface area contributed by atoms with Crippen LogP contribution in [0.1, 0.15) is 23.7 Å². The van der Waals surface area contributed by atoms with E-state index in [1.807, 2.05) is 18.9 Å². The zero-order valence-electron chi connectivity index (χ0n) is 10.3. The normalized spacial score (nSPS) is 12.2. The summed E-state index contributed by atoms with van der Waals surface area (Å²) in [5.41, 5.74) is 0.456. The second-order valence-electron chi connectivity index (χ2n) is 4.17. The Morgan fingerprint density at radius 1 is 1.50 bits per heavy atom. The molecule has 0 saturated carbocycles. The molecular formula is C13H14Cl2N2O. The first-order valence-electron chi connectivity index (χ1n) is 5.51. The molecule has 0 bridgehead atoms. The van der Waals surface area contributed by atoms with E-state index in [1.165, 1.54) is 0 Å². The van der Waals surface area contributed by atoms with Crippen molar-refractivity contribution >= 4 is 29.0 Å². The molecule has 96 valence electrons. The Kier molecular flexibility index (Phi) is 5.61. The minimum absolute atomic E-state index is 0.0324. The van der Waals surface area contributed by atoms with Crippen LogP contribution in [0.5, 0.6) is 0 Å². The van der Waals surface area contributed by atoms with Crippen LogP contribution < -0.4 is 0 Å². The van der Waals surface area contributed by atoms with Gasteiger partial charge in [-0.3, -0.25) is 9.69 Å². The first-order valence-corrected chi connectivity index (χ1v) is 6.26. The van der Waals surface area contributed by atoms with Crippen molar-refractivity contribution in [2.45, 2.75) is 19.4 Å². The third-order valence-corrected chi connectivity index (χ3v) is 3.31. The number of hydrogen-bond acceptors (Lipinski definition) is 3. The molecule has 0 radical (unpaired) electrons. The van der Waals surface area contributed by atoms with Crippen molar-refractivity contribution in [3.8, 4) is 6.07 Å². The van der Waals surface area contributed by atoms with Gasteiger partial charge >= 0.3 is 0 Å². The second-order valence-corrected chi connectivity index (χ2v) is 5.02. The van der Waals surface area contributed by atoms with Crippen LogP contribution in [-0.2, 0) is 0 Å². The molecule has 1 aromatic rings. The quantitative estimate of drug-likeness (QED) is 0.779. The van der Waals surface area contributed by atoms with Crippen LogP contribution in [0.3, 0.4) is 0 Å². The van der Waals surface area contributed by atoms with E-state index in [2.05, 4.69) is 6.07 Å². The van der Waals surface area contributed by atoms with Crippen molar-refractivity contribution in [1.29, 1.82) is 5.26 Å². The Morgan fingerprint density at radius 2 is 2.17 bits per heavy atom. The average Bonchev–Trinajstić information content (AvgIpc) is 2.28. The topological polar surface area (TPSA) is 44.1 Å². The van der Waals surface area contributed by atoms with Gasteiger partial charge in [0, 0.05) is 16.6 Å². The predicted molar refractivity (Wildman–Crippen MR) is 73.1 cm³/mol. The fourth-order valence-electron chi connectivity index (χ4n) is 1.47. The largest absolute Gasteiger partial charge is 0.295 e. The van der Waals surface area contributed by atoms with Crippen LogP contribution in [0, 0.1) is 11.3 Å². The highest BCUT2D eigenvalue weighted by atomic mass is 35.5. The van der Waals surface area contributed by atoms with E-state index in [0.717, 1.165) is 0 Å². The fourth-order valence-corrected chi connectivity index (χ4v) is 1.98. The highest BCUT2D eigenvalue weighted by Gasteiger charge is 2.16. The molecule has 0 aliphatic rings. The highest BCUT2D eigenvalue weighted by Crippen LogP contribution is 2.21. The molecule has 5 heteroatoms. The van der Waals surface area contributed by atoms with Gasteiger partial charge in [0.2, 0.25) is 0 Å². The lowest BCUT2D eigenvalue weighted by molar-refractivity contribution is 0.0926. The first-order chi connectivity index (χ1) is 8.45. The Bertz CT molecular complexity index is 482. The molecule has 0 saturated heterocycles. The summed E-state index contributed by atoms with van der Waals surface area (Å²) in [7, 11) is 1.81. The molecule has 0 heterocycles. The number of Topliss-reactive ketones (excluding diaryl/α,β-unsaturated/α-hetero) is 1. The van der Waals surface area contributed by atoms with Gasteiger partial charge < -0.3 is 0 Å². The molecule has 3 nitrogen and oxygen atoms in total. The number of halogens is 2. The lowest BCUT2D eigenvalue weighted by Gasteiger charge is -2.21. The number of rotatable bonds is 5. The number of benzene rings is 1. The molecule has 0 aromatic heterocycles. The summed E-state index contributed by atoms with van der Waals surface area (Å²) < 4.78 is 0. The first kappa shape index (κ1) is 15.0. The lowest BCUT2D eigenvalue weighted by Crippen LogP contribution is -2.33. The van der Waals surface area contributed by atoms with Crippen LogP contribution in [0.4, 0.5) is 0 Å². The summed E-state index contributed by atoms with van der Waals surface area (Å²) in [5.74, 6) is -0.0797. The number of ketones is 1. The van der Waals surface area contributed by atoms with E-state index in [-0.39, 0.29) is 18.4 Å². The predicted octanol–water partition coefficient (Wildman–Crippen LogP) is 3.41. The number of nitrogens with zero attached hydrogens (tertiary/aromatic N) is 2. The zero-order chi connectivity index (χ0) is 13.7. The molecule has 1 atom stereocenters. The maximum Gasteiger partial charge on any atom is 0.178 e. The summed E-state index contributed by atoms with van der Waals surface area (Å²) in [6.07, 6.45) is 0.387. The summed E-state index contributed by atoms with van der Waals surface area (Å²) in [5, 5.41) is 9.47. The maximum atomic E-state index is 12.0. The molecule has 0 spiro atoms. The summed E-state index contributed by atoms with van der Waals surface area (Å²) in [6.45, 7) is 2.13. The van der Waals surface area contributed by atoms with Crippen molar-refractivity contribution in [1.82, 2.24) is 4.90 Å². The van der Waals surface area contributed by atoms with E-state index in [0.29, 0.717) is 22.0 Å². The Labute approximate surface area is 117 Å². The number of likely N-dealkylation sites (N-methyl/N-ethyl adjacent to an activating group) is 1. The van der Waals surface area contributed by atoms with Crippen molar-refractivity contribution in [2.75, 3.05) is 13.6 Å². The van der Waals surface area contributed by atoms with Crippen LogP contribution in [0.15, 0.2) is 18.2 Å². The van der Waals surface area contributed by atoms with Gasteiger partial charge in [-0.2, -0.15) is 5.26 Å². The molecular weight excluding hydrogens is 271 g/mol. The smallest absolute Gasteiger partial charge is 0.178 e. The molecule has 0 N–H and O–H groups in total. The third-order valence-electron chi connectivity index (χ3n) is 2.76. The Balaban J connectivity index is 2.74. The maximum absolute atomic E-state index is 12.0. The molecule has 0 aliphatic heterocycles. The molecule has 1 rings (SSSR count). The summed E-state index contributed by atoms with van der Waals surface area (Å²) in [6, 6.07) is 6.93. The van der Waals surface area contributed by atoms with Crippen LogP contribution >= 0.6 is 23.2 Å². The van der Waals surface area contributed by atoms with Gasteiger partial charge in [-0.15, -0.1) is 0 Å². The molecule has 0 fully saturated rings. The van der Waals surface area contributed by atoms with Gasteiger partial charge in [0.15, 0.2) is 5.78 Å². The molecule has 18 heavy (non-hydrogen) atoms. The number of hydrogen-bond donors (Lipinski definition) is 0. The standard InChI is InChI=1S/C13H14Cl2N2O/c1-9(5-6-16)17(2)8-13(18)11-4-3-10(14)7-12(11)15/h3-4,7,9H,5,8H2,1-2H3. The minimum Gasteiger partial charge on any atom is -0.295 e. The summed E-state index contributed by atoms with van der Waals surface area (Å²) in [4.78, 5) is 13.9. The van der Waals surface area contributed by atoms with Gasteiger partial charge in [-0.1, -0.05) is 23.2 Å². The van der Waals surface area contributed by atoms with Crippen LogP contribution in [0.25, 0.3) is 0 Å². The van der Waals surface area contributed by atoms with Gasteiger partial charge in [0.1, 0.15) is 0 Å². The lowest BCUT2D eigenvalue weighted by atomic mass is 10.1. The Morgan fingerprint density at radius 3 is 2.72 bits per heavy atom. The SMILES string of the molecule is CC(CC#N)N(C)CC(=O)c1ccc(Cl)cc1Cl. The average molecular weight is 285 g/mol. The van der Waals surface area contributed by atoms with Crippen molar-refractivity contribution in [3.63, 3.8) is 0 Å². The monoisotopic (exact) mass is 284 g/mol. The van der Waals surface area contributed by atoms with E-state index >= 15 is 0 Å². The van der Waals surface area contributed by atoms with E-state index in [9.17, 15) is 4.79 Å². The van der Waals surface area contributed by atoms with Gasteiger partial charge in [0.25, 0.3) is 0 Å². The summed E-state index contributed by atoms with van der Waals surface area (Å²) >= 11 is 11.7. The van der Waals surface area contributed by atoms with Crippen molar-refractivity contribution in [2.24, 2.45) is 0 Å². The van der Waals surface area contributed by atoms with Gasteiger partial charge in [0.05, 0.1) is 24.1 Å². The van der Waals surface area contributed by atoms with Gasteiger partial charge in [-0.25, -0.2) is 0 Å². The molecule has 0 amide bonds. The van der Waals surface area contributed by atoms with Gasteiger partial charge in [-0.05, 0) is 32.2 Å². The van der Waals surface area contributed by atoms with E-state index in [4.69, 9.17) is 28.5 Å². The molecule has 0 aliphatic carbocycles. The zero-order valence-corrected chi connectivity index (χ0v) is 11.8. The molecule has 1 aromatic carbocycles. The van der Waals surface area contributed by atoms with E-state index < -0.39 is 0 Å². The van der Waals surface area contributed by atoms with Crippen LogP contribution in [0.2, 0.25) is 10.0 Å². The minimum atomic E-state index is -0.0797. The Hall–Kier alpha value is -1.08. The molecule has 1 unspecified atom stereocenters. The highest BCUT2D eigenvalue weighted by molar-refractivity contribution is 6.36. The van der Waals surface area contributed by atoms with E-state index in [1.54, 1.807) is 18.2 Å². The second kappa shape index (κ2) is 6.75. The number of nitriles is 1. The van der Waals surface area contributed by atoms with Crippen molar-refractivity contribution in [3.05, 3.63) is 33.8 Å². The number of carbonyl (C=O) groups is 1. The van der Waals surface area contributed by atoms with Crippen LogP contribution in [-0.4, -0.2) is 30.3 Å². The number of carbonyl (C=O) groups excluding carboxylic acids is 1. The fraction of sp³-hybridized carbons (Fsp3) is 0.385. The van der Waals surface area contributed by atoms with Crippen molar-refractivity contribution < 1.29 is 4.79 Å². The third kappa shape index (κ3) is 3.99.